The molecule has 2 heterocycles. The summed E-state index contributed by atoms with van der Waals surface area (Å²) in [5, 5.41) is 2.62. The zero-order valence-electron chi connectivity index (χ0n) is 10.9. The lowest BCUT2D eigenvalue weighted by molar-refractivity contribution is -0.122. The lowest BCUT2D eigenvalue weighted by Crippen LogP contribution is -2.38. The van der Waals surface area contributed by atoms with Crippen LogP contribution in [0.1, 0.15) is 16.8 Å². The maximum Gasteiger partial charge on any atom is 0.265 e. The van der Waals surface area contributed by atoms with Crippen LogP contribution in [0.4, 0.5) is 10.1 Å². The first-order valence-corrected chi connectivity index (χ1v) is 6.34. The van der Waals surface area contributed by atoms with Crippen molar-refractivity contribution in [2.45, 2.75) is 12.5 Å². The van der Waals surface area contributed by atoms with Crippen molar-refractivity contribution in [3.8, 4) is 5.75 Å². The number of halogens is 1. The molecule has 6 heteroatoms. The molecule has 0 unspecified atom stereocenters. The van der Waals surface area contributed by atoms with E-state index in [0.717, 1.165) is 6.07 Å². The fourth-order valence-corrected chi connectivity index (χ4v) is 2.10. The van der Waals surface area contributed by atoms with Gasteiger partial charge in [0, 0.05) is 6.20 Å². The molecule has 3 rings (SSSR count). The third kappa shape index (κ3) is 2.74. The third-order valence-corrected chi connectivity index (χ3v) is 3.10. The molecule has 0 bridgehead atoms. The van der Waals surface area contributed by atoms with Gasteiger partial charge in [-0.3, -0.25) is 14.6 Å². The molecular formula is C15H11FN2O3. The van der Waals surface area contributed by atoms with Gasteiger partial charge in [-0.05, 0) is 30.3 Å². The van der Waals surface area contributed by atoms with E-state index < -0.39 is 17.8 Å². The Morgan fingerprint density at radius 2 is 2.24 bits per heavy atom. The Labute approximate surface area is 119 Å². The monoisotopic (exact) mass is 286 g/mol. The van der Waals surface area contributed by atoms with Crippen LogP contribution in [-0.4, -0.2) is 22.8 Å². The molecule has 0 saturated heterocycles. The number of benzene rings is 1. The van der Waals surface area contributed by atoms with E-state index in [1.807, 2.05) is 0 Å². The number of ether oxygens (including phenoxy) is 1. The van der Waals surface area contributed by atoms with Crippen LogP contribution in [0.5, 0.6) is 5.75 Å². The number of aromatic nitrogens is 1. The molecule has 1 aliphatic rings. The first-order valence-electron chi connectivity index (χ1n) is 6.34. The summed E-state index contributed by atoms with van der Waals surface area (Å²) >= 11 is 0. The highest BCUT2D eigenvalue weighted by Crippen LogP contribution is 2.28. The Hall–Kier alpha value is -2.76. The average molecular weight is 286 g/mol. The van der Waals surface area contributed by atoms with E-state index in [-0.39, 0.29) is 23.5 Å². The van der Waals surface area contributed by atoms with Gasteiger partial charge >= 0.3 is 0 Å². The minimum absolute atomic E-state index is 0.122. The first-order chi connectivity index (χ1) is 10.1. The fourth-order valence-electron chi connectivity index (χ4n) is 2.10. The van der Waals surface area contributed by atoms with Gasteiger partial charge in [0.2, 0.25) is 0 Å². The minimum atomic E-state index is -0.935. The van der Waals surface area contributed by atoms with Crippen molar-refractivity contribution in [3.63, 3.8) is 0 Å². The number of anilines is 1. The van der Waals surface area contributed by atoms with Crippen LogP contribution in [0.2, 0.25) is 0 Å². The van der Waals surface area contributed by atoms with E-state index in [4.69, 9.17) is 4.74 Å². The summed E-state index contributed by atoms with van der Waals surface area (Å²) in [6.07, 6.45) is 2.02. The molecule has 0 radical (unpaired) electrons. The summed E-state index contributed by atoms with van der Waals surface area (Å²) in [7, 11) is 0. The summed E-state index contributed by atoms with van der Waals surface area (Å²) in [4.78, 5) is 27.9. The summed E-state index contributed by atoms with van der Waals surface area (Å²) in [6.45, 7) is 0. The highest BCUT2D eigenvalue weighted by molar-refractivity contribution is 6.05. The SMILES string of the molecule is O=C1C[C@H](C(=O)Nc2cccnc2)Oc2ccc(F)cc21. The van der Waals surface area contributed by atoms with Crippen molar-refractivity contribution in [2.75, 3.05) is 5.32 Å². The first kappa shape index (κ1) is 13.2. The van der Waals surface area contributed by atoms with Crippen LogP contribution in [0.3, 0.4) is 0 Å². The van der Waals surface area contributed by atoms with Gasteiger partial charge in [-0.15, -0.1) is 0 Å². The highest BCUT2D eigenvalue weighted by atomic mass is 19.1. The molecule has 2 aromatic rings. The number of amides is 1. The Bertz CT molecular complexity index is 703. The number of pyridine rings is 1. The smallest absolute Gasteiger partial charge is 0.265 e. The predicted octanol–water partition coefficient (Wildman–Crippen LogP) is 2.19. The number of hydrogen-bond donors (Lipinski definition) is 1. The normalized spacial score (nSPS) is 16.8. The van der Waals surface area contributed by atoms with Crippen LogP contribution in [0.25, 0.3) is 0 Å². The Balaban J connectivity index is 1.78. The molecule has 106 valence electrons. The lowest BCUT2D eigenvalue weighted by atomic mass is 10.00. The number of carbonyl (C=O) groups is 2. The second-order valence-corrected chi connectivity index (χ2v) is 4.61. The quantitative estimate of drug-likeness (QED) is 0.919. The predicted molar refractivity (Wildman–Crippen MR) is 72.6 cm³/mol. The molecule has 21 heavy (non-hydrogen) atoms. The largest absolute Gasteiger partial charge is 0.479 e. The van der Waals surface area contributed by atoms with Crippen molar-refractivity contribution in [1.29, 1.82) is 0 Å². The number of hydrogen-bond acceptors (Lipinski definition) is 4. The van der Waals surface area contributed by atoms with Gasteiger partial charge in [-0.1, -0.05) is 0 Å². The van der Waals surface area contributed by atoms with Crippen LogP contribution in [-0.2, 0) is 4.79 Å². The standard InChI is InChI=1S/C15H11FN2O3/c16-9-3-4-13-11(6-9)12(19)7-14(21-13)15(20)18-10-2-1-5-17-8-10/h1-6,8,14H,7H2,(H,18,20)/t14-/m1/s1. The van der Waals surface area contributed by atoms with Crippen LogP contribution in [0, 0.1) is 5.82 Å². The van der Waals surface area contributed by atoms with Crippen molar-refractivity contribution < 1.29 is 18.7 Å². The molecule has 1 atom stereocenters. The third-order valence-electron chi connectivity index (χ3n) is 3.10. The van der Waals surface area contributed by atoms with E-state index in [2.05, 4.69) is 10.3 Å². The summed E-state index contributed by atoms with van der Waals surface area (Å²) < 4.78 is 18.6. The zero-order chi connectivity index (χ0) is 14.8. The number of carbonyl (C=O) groups excluding carboxylic acids is 2. The van der Waals surface area contributed by atoms with Gasteiger partial charge < -0.3 is 10.1 Å². The molecule has 1 amide bonds. The van der Waals surface area contributed by atoms with Crippen molar-refractivity contribution in [1.82, 2.24) is 4.98 Å². The summed E-state index contributed by atoms with van der Waals surface area (Å²) in [6, 6.07) is 7.02. The van der Waals surface area contributed by atoms with E-state index in [9.17, 15) is 14.0 Å². The zero-order valence-corrected chi connectivity index (χ0v) is 10.9. The maximum absolute atomic E-state index is 13.1. The molecule has 1 aromatic carbocycles. The molecule has 1 aliphatic heterocycles. The molecule has 1 aromatic heterocycles. The topological polar surface area (TPSA) is 68.3 Å². The fraction of sp³-hybridized carbons (Fsp3) is 0.133. The van der Waals surface area contributed by atoms with Gasteiger partial charge in [-0.2, -0.15) is 0 Å². The Morgan fingerprint density at radius 3 is 3.00 bits per heavy atom. The minimum Gasteiger partial charge on any atom is -0.479 e. The second kappa shape index (κ2) is 5.32. The van der Waals surface area contributed by atoms with Crippen molar-refractivity contribution >= 4 is 17.4 Å². The molecular weight excluding hydrogens is 275 g/mol. The van der Waals surface area contributed by atoms with Gasteiger partial charge in [0.1, 0.15) is 11.6 Å². The summed E-state index contributed by atoms with van der Waals surface area (Å²) in [5.41, 5.74) is 0.684. The van der Waals surface area contributed by atoms with Gasteiger partial charge in [-0.25, -0.2) is 4.39 Å². The van der Waals surface area contributed by atoms with E-state index in [0.29, 0.717) is 5.69 Å². The van der Waals surface area contributed by atoms with Crippen molar-refractivity contribution in [3.05, 3.63) is 54.1 Å². The van der Waals surface area contributed by atoms with E-state index >= 15 is 0 Å². The van der Waals surface area contributed by atoms with Gasteiger partial charge in [0.05, 0.1) is 23.9 Å². The Kier molecular flexibility index (Phi) is 3.35. The van der Waals surface area contributed by atoms with Crippen LogP contribution < -0.4 is 10.1 Å². The van der Waals surface area contributed by atoms with Crippen LogP contribution >= 0.6 is 0 Å². The molecule has 0 saturated carbocycles. The number of Topliss-reactive ketones (excluding diaryl/α,β-unsaturated/α-hetero) is 1. The molecule has 1 N–H and O–H groups in total. The molecule has 0 aliphatic carbocycles. The highest BCUT2D eigenvalue weighted by Gasteiger charge is 2.31. The lowest BCUT2D eigenvalue weighted by Gasteiger charge is -2.24. The average Bonchev–Trinajstić information content (AvgIpc) is 2.49. The maximum atomic E-state index is 13.1. The van der Waals surface area contributed by atoms with Crippen molar-refractivity contribution in [2.24, 2.45) is 0 Å². The Morgan fingerprint density at radius 1 is 1.38 bits per heavy atom. The molecule has 5 nitrogen and oxygen atoms in total. The van der Waals surface area contributed by atoms with Crippen LogP contribution in [0.15, 0.2) is 42.7 Å². The number of ketones is 1. The second-order valence-electron chi connectivity index (χ2n) is 4.61. The van der Waals surface area contributed by atoms with Gasteiger partial charge in [0.25, 0.3) is 5.91 Å². The van der Waals surface area contributed by atoms with Gasteiger partial charge in [0.15, 0.2) is 11.9 Å². The molecule has 0 spiro atoms. The molecule has 0 fully saturated rings. The van der Waals surface area contributed by atoms with E-state index in [1.54, 1.807) is 18.3 Å². The number of nitrogens with one attached hydrogen (secondary N) is 1. The number of fused-ring (bicyclic) bond motifs is 1. The number of rotatable bonds is 2. The number of nitrogens with zero attached hydrogens (tertiary/aromatic N) is 1. The summed E-state index contributed by atoms with van der Waals surface area (Å²) in [5.74, 6) is -1.05. The van der Waals surface area contributed by atoms with E-state index in [1.165, 1.54) is 18.3 Å².